The van der Waals surface area contributed by atoms with Gasteiger partial charge in [-0.25, -0.2) is 0 Å². The van der Waals surface area contributed by atoms with Crippen LogP contribution in [0, 0.1) is 0 Å². The maximum Gasteiger partial charge on any atom is 0.416 e. The van der Waals surface area contributed by atoms with Crippen molar-refractivity contribution in [3.05, 3.63) is 71.3 Å². The van der Waals surface area contributed by atoms with Gasteiger partial charge in [-0.1, -0.05) is 42.5 Å². The van der Waals surface area contributed by atoms with E-state index in [2.05, 4.69) is 0 Å². The molecule has 3 N–H and O–H groups in total. The van der Waals surface area contributed by atoms with Crippen molar-refractivity contribution in [2.45, 2.75) is 18.7 Å². The van der Waals surface area contributed by atoms with Crippen molar-refractivity contribution in [2.75, 3.05) is 13.1 Å². The van der Waals surface area contributed by atoms with Crippen LogP contribution in [0.1, 0.15) is 34.0 Å². The highest BCUT2D eigenvalue weighted by Gasteiger charge is 2.30. The van der Waals surface area contributed by atoms with E-state index >= 15 is 0 Å². The molecule has 0 fully saturated rings. The first-order valence-electron chi connectivity index (χ1n) is 7.63. The largest absolute Gasteiger partial charge is 1.00 e. The summed E-state index contributed by atoms with van der Waals surface area (Å²) in [7, 11) is 0. The lowest BCUT2D eigenvalue weighted by atomic mass is 10.0. The lowest BCUT2D eigenvalue weighted by Crippen LogP contribution is -3.00. The molecule has 0 saturated carbocycles. The van der Waals surface area contributed by atoms with Crippen LogP contribution in [0.3, 0.4) is 0 Å². The molecule has 0 aliphatic carbocycles. The summed E-state index contributed by atoms with van der Waals surface area (Å²) in [6.45, 7) is 0.791. The summed E-state index contributed by atoms with van der Waals surface area (Å²) in [5.74, 6) is -0.341. The highest BCUT2D eigenvalue weighted by atomic mass is 35.5. The van der Waals surface area contributed by atoms with Gasteiger partial charge in [0.05, 0.1) is 18.5 Å². The second-order valence-electron chi connectivity index (χ2n) is 5.49. The number of hydrogen-bond donors (Lipinski definition) is 2. The van der Waals surface area contributed by atoms with Gasteiger partial charge in [-0.3, -0.25) is 4.79 Å². The van der Waals surface area contributed by atoms with E-state index in [0.29, 0.717) is 13.1 Å². The number of nitrogens with two attached hydrogens (primary N) is 1. The Morgan fingerprint density at radius 1 is 1.08 bits per heavy atom. The van der Waals surface area contributed by atoms with Gasteiger partial charge in [-0.2, -0.15) is 13.2 Å². The van der Waals surface area contributed by atoms with Crippen LogP contribution in [0.2, 0.25) is 0 Å². The first-order chi connectivity index (χ1) is 11.4. The number of alkyl halides is 3. The maximum absolute atomic E-state index is 12.6. The van der Waals surface area contributed by atoms with Crippen LogP contribution in [0.15, 0.2) is 54.6 Å². The zero-order valence-electron chi connectivity index (χ0n) is 13.3. The third-order valence-corrected chi connectivity index (χ3v) is 3.66. The van der Waals surface area contributed by atoms with Gasteiger partial charge in [-0.05, 0) is 17.7 Å². The van der Waals surface area contributed by atoms with Crippen molar-refractivity contribution >= 4 is 5.78 Å². The second-order valence-corrected chi connectivity index (χ2v) is 5.49. The molecule has 136 valence electrons. The molecule has 0 saturated heterocycles. The number of aliphatic hydroxyl groups excluding tert-OH is 1. The molecule has 0 heterocycles. The van der Waals surface area contributed by atoms with Gasteiger partial charge in [0.2, 0.25) is 0 Å². The van der Waals surface area contributed by atoms with Crippen LogP contribution < -0.4 is 17.7 Å². The molecule has 0 spiro atoms. The molecule has 2 rings (SSSR count). The molecular weight excluding hydrogens is 355 g/mol. The van der Waals surface area contributed by atoms with Crippen LogP contribution in [0.4, 0.5) is 13.2 Å². The summed E-state index contributed by atoms with van der Waals surface area (Å²) in [5, 5.41) is 11.8. The van der Waals surface area contributed by atoms with Crippen molar-refractivity contribution in [3.8, 4) is 0 Å². The highest BCUT2D eigenvalue weighted by molar-refractivity contribution is 5.96. The predicted octanol–water partition coefficient (Wildman–Crippen LogP) is -0.421. The fourth-order valence-electron chi connectivity index (χ4n) is 2.33. The van der Waals surface area contributed by atoms with Gasteiger partial charge >= 0.3 is 6.18 Å². The molecule has 1 atom stereocenters. The summed E-state index contributed by atoms with van der Waals surface area (Å²) in [6, 6.07) is 13.6. The molecule has 0 aliphatic rings. The van der Waals surface area contributed by atoms with Crippen molar-refractivity contribution in [1.82, 2.24) is 0 Å². The van der Waals surface area contributed by atoms with E-state index in [9.17, 15) is 23.1 Å². The van der Waals surface area contributed by atoms with Crippen molar-refractivity contribution in [3.63, 3.8) is 0 Å². The fourth-order valence-corrected chi connectivity index (χ4v) is 2.33. The molecule has 0 amide bonds. The maximum atomic E-state index is 12.6. The number of carbonyl (C=O) groups excluding carboxylic acids is 1. The minimum Gasteiger partial charge on any atom is -1.00 e. The number of halogens is 4. The van der Waals surface area contributed by atoms with E-state index < -0.39 is 17.8 Å². The fraction of sp³-hybridized carbons (Fsp3) is 0.278. The quantitative estimate of drug-likeness (QED) is 0.511. The molecule has 3 nitrogen and oxygen atoms in total. The summed E-state index contributed by atoms with van der Waals surface area (Å²) < 4.78 is 37.9. The first kappa shape index (κ1) is 21.2. The normalized spacial score (nSPS) is 12.3. The summed E-state index contributed by atoms with van der Waals surface area (Å²) in [5.41, 5.74) is 0.0246. The first-order valence-corrected chi connectivity index (χ1v) is 7.63. The number of aliphatic hydroxyl groups is 1. The molecular formula is C18H19ClF3NO2. The zero-order chi connectivity index (χ0) is 17.6. The Hall–Kier alpha value is -1.89. The Balaban J connectivity index is 0.00000312. The lowest BCUT2D eigenvalue weighted by molar-refractivity contribution is -0.660. The van der Waals surface area contributed by atoms with E-state index in [-0.39, 0.29) is 30.2 Å². The molecule has 25 heavy (non-hydrogen) atoms. The van der Waals surface area contributed by atoms with Crippen molar-refractivity contribution < 1.29 is 40.8 Å². The molecule has 1 unspecified atom stereocenters. The monoisotopic (exact) mass is 373 g/mol. The number of benzene rings is 2. The Bertz CT molecular complexity index is 678. The van der Waals surface area contributed by atoms with Crippen LogP contribution >= 0.6 is 0 Å². The van der Waals surface area contributed by atoms with E-state index in [1.54, 1.807) is 5.32 Å². The van der Waals surface area contributed by atoms with Gasteiger partial charge in [0.25, 0.3) is 0 Å². The van der Waals surface area contributed by atoms with Gasteiger partial charge in [-0.15, -0.1) is 0 Å². The molecule has 0 aromatic heterocycles. The highest BCUT2D eigenvalue weighted by Crippen LogP contribution is 2.29. The Kier molecular flexibility index (Phi) is 8.09. The lowest BCUT2D eigenvalue weighted by Gasteiger charge is -2.10. The second kappa shape index (κ2) is 9.56. The summed E-state index contributed by atoms with van der Waals surface area (Å²) in [4.78, 5) is 12.0. The van der Waals surface area contributed by atoms with Gasteiger partial charge in [0.15, 0.2) is 5.78 Å². The average molecular weight is 374 g/mol. The predicted molar refractivity (Wildman–Crippen MR) is 83.5 cm³/mol. The van der Waals surface area contributed by atoms with E-state index in [0.717, 1.165) is 17.7 Å². The standard InChI is InChI=1S/C18H18F3NO2.ClH/c19-18(20,21)15-8-4-7-14(11-15)16(23)9-10-22-12-17(24)13-5-2-1-3-6-13;/h1-8,11,17,22,24H,9-10,12H2;1H. The molecule has 2 aromatic carbocycles. The number of rotatable bonds is 7. The molecule has 7 heteroatoms. The number of carbonyl (C=O) groups is 1. The number of quaternary nitrogens is 1. The van der Waals surface area contributed by atoms with Gasteiger partial charge in [0, 0.05) is 5.56 Å². The van der Waals surface area contributed by atoms with Crippen LogP contribution in [0.5, 0.6) is 0 Å². The molecule has 0 radical (unpaired) electrons. The van der Waals surface area contributed by atoms with E-state index in [1.165, 1.54) is 12.1 Å². The minimum atomic E-state index is -4.46. The zero-order valence-corrected chi connectivity index (χ0v) is 14.1. The Labute approximate surface area is 150 Å². The third kappa shape index (κ3) is 6.49. The van der Waals surface area contributed by atoms with Gasteiger partial charge in [0.1, 0.15) is 12.6 Å². The Morgan fingerprint density at radius 2 is 1.76 bits per heavy atom. The summed E-state index contributed by atoms with van der Waals surface area (Å²) >= 11 is 0. The minimum absolute atomic E-state index is 0. The average Bonchev–Trinajstić information content (AvgIpc) is 2.58. The van der Waals surface area contributed by atoms with Crippen molar-refractivity contribution in [2.24, 2.45) is 0 Å². The molecule has 0 bridgehead atoms. The third-order valence-electron chi connectivity index (χ3n) is 3.66. The van der Waals surface area contributed by atoms with Crippen LogP contribution in [0.25, 0.3) is 0 Å². The van der Waals surface area contributed by atoms with Gasteiger partial charge < -0.3 is 22.8 Å². The SMILES string of the molecule is O=C(CC[NH2+]CC(O)c1ccccc1)c1cccc(C(F)(F)F)c1.[Cl-]. The molecule has 0 aliphatic heterocycles. The van der Waals surface area contributed by atoms with E-state index in [1.807, 2.05) is 30.3 Å². The molecule has 2 aromatic rings. The number of ketones is 1. The smallest absolute Gasteiger partial charge is 0.416 e. The van der Waals surface area contributed by atoms with Crippen LogP contribution in [-0.2, 0) is 6.18 Å². The number of Topliss-reactive ketones (excluding diaryl/α,β-unsaturated/α-hetero) is 1. The topological polar surface area (TPSA) is 53.9 Å². The van der Waals surface area contributed by atoms with E-state index in [4.69, 9.17) is 0 Å². The Morgan fingerprint density at radius 3 is 2.40 bits per heavy atom. The summed E-state index contributed by atoms with van der Waals surface area (Å²) in [6.07, 6.45) is -4.99. The van der Waals surface area contributed by atoms with Crippen LogP contribution in [-0.4, -0.2) is 24.0 Å². The van der Waals surface area contributed by atoms with Crippen molar-refractivity contribution in [1.29, 1.82) is 0 Å². The number of hydrogen-bond acceptors (Lipinski definition) is 2.